The highest BCUT2D eigenvalue weighted by molar-refractivity contribution is 6.30. The van der Waals surface area contributed by atoms with Crippen LogP contribution in [0.5, 0.6) is 11.5 Å². The number of carbonyl (C=O) groups excluding carboxylic acids is 1. The lowest BCUT2D eigenvalue weighted by molar-refractivity contribution is -0.132. The summed E-state index contributed by atoms with van der Waals surface area (Å²) in [7, 11) is 0. The molecule has 1 amide bonds. The van der Waals surface area contributed by atoms with Crippen molar-refractivity contribution < 1.29 is 19.4 Å². The minimum absolute atomic E-state index is 0.0514. The number of aromatic nitrogens is 2. The number of carbonyl (C=O) groups is 1. The molecular formula is C27H33ClN4O4. The Morgan fingerprint density at radius 3 is 2.42 bits per heavy atom. The molecule has 4 rings (SSSR count). The Kier molecular flexibility index (Phi) is 8.51. The molecule has 1 aliphatic rings. The standard InChI is InChI=1S/C27H33ClN4O4/c1-21-3-7-26(8-4-21)36-20-27(34)18-30(11-12-31(19-27)22(2)33)16-23-5-9-25(10-6-23)35-14-13-32-17-24(28)15-29-32/h3-10,15,17,34H,11-14,16,18-20H2,1-2H3. The number of amides is 1. The number of benzene rings is 2. The second kappa shape index (κ2) is 11.8. The van der Waals surface area contributed by atoms with Crippen molar-refractivity contribution >= 4 is 17.5 Å². The number of halogens is 1. The summed E-state index contributed by atoms with van der Waals surface area (Å²) in [5.74, 6) is 1.42. The van der Waals surface area contributed by atoms with Crippen molar-refractivity contribution in [3.8, 4) is 11.5 Å². The van der Waals surface area contributed by atoms with Gasteiger partial charge in [-0.05, 0) is 36.8 Å². The van der Waals surface area contributed by atoms with E-state index in [9.17, 15) is 9.90 Å². The third-order valence-electron chi connectivity index (χ3n) is 6.18. The van der Waals surface area contributed by atoms with E-state index in [2.05, 4.69) is 10.00 Å². The lowest BCUT2D eigenvalue weighted by Gasteiger charge is -2.32. The molecule has 1 N–H and O–H groups in total. The van der Waals surface area contributed by atoms with Gasteiger partial charge in [0.2, 0.25) is 5.91 Å². The molecule has 1 aromatic heterocycles. The number of aryl methyl sites for hydroxylation is 1. The second-order valence-electron chi connectivity index (χ2n) is 9.39. The van der Waals surface area contributed by atoms with Crippen LogP contribution < -0.4 is 9.47 Å². The first-order valence-corrected chi connectivity index (χ1v) is 12.5. The zero-order valence-corrected chi connectivity index (χ0v) is 21.5. The largest absolute Gasteiger partial charge is 0.492 e. The summed E-state index contributed by atoms with van der Waals surface area (Å²) in [6.45, 7) is 7.24. The van der Waals surface area contributed by atoms with E-state index in [0.29, 0.717) is 50.1 Å². The number of ether oxygens (including phenoxy) is 2. The predicted molar refractivity (Wildman–Crippen MR) is 138 cm³/mol. The Bertz CT molecular complexity index is 1140. The molecule has 0 saturated carbocycles. The van der Waals surface area contributed by atoms with Gasteiger partial charge in [0.15, 0.2) is 0 Å². The topological polar surface area (TPSA) is 80.1 Å². The smallest absolute Gasteiger partial charge is 0.219 e. The van der Waals surface area contributed by atoms with Gasteiger partial charge >= 0.3 is 0 Å². The summed E-state index contributed by atoms with van der Waals surface area (Å²) >= 11 is 5.89. The van der Waals surface area contributed by atoms with Gasteiger partial charge in [-0.15, -0.1) is 0 Å². The normalized spacial score (nSPS) is 18.6. The molecular weight excluding hydrogens is 480 g/mol. The summed E-state index contributed by atoms with van der Waals surface area (Å²) in [6, 6.07) is 15.7. The molecule has 1 saturated heterocycles. The minimum Gasteiger partial charge on any atom is -0.492 e. The zero-order valence-electron chi connectivity index (χ0n) is 20.8. The molecule has 0 aliphatic carbocycles. The number of hydrogen-bond acceptors (Lipinski definition) is 6. The molecule has 3 aromatic rings. The highest BCUT2D eigenvalue weighted by atomic mass is 35.5. The molecule has 1 aliphatic heterocycles. The number of aliphatic hydroxyl groups is 1. The van der Waals surface area contributed by atoms with Crippen molar-refractivity contribution in [2.45, 2.75) is 32.5 Å². The van der Waals surface area contributed by atoms with Crippen LogP contribution in [0.2, 0.25) is 5.02 Å². The van der Waals surface area contributed by atoms with Crippen LogP contribution in [0.25, 0.3) is 0 Å². The van der Waals surface area contributed by atoms with Crippen LogP contribution in [0.1, 0.15) is 18.1 Å². The van der Waals surface area contributed by atoms with Gasteiger partial charge in [-0.25, -0.2) is 0 Å². The summed E-state index contributed by atoms with van der Waals surface area (Å²) in [5, 5.41) is 16.2. The fraction of sp³-hybridized carbons (Fsp3) is 0.407. The molecule has 0 spiro atoms. The third kappa shape index (κ3) is 7.46. The van der Waals surface area contributed by atoms with E-state index in [1.54, 1.807) is 22.0 Å². The van der Waals surface area contributed by atoms with Gasteiger partial charge < -0.3 is 19.5 Å². The van der Waals surface area contributed by atoms with Crippen LogP contribution in [0.4, 0.5) is 0 Å². The second-order valence-corrected chi connectivity index (χ2v) is 9.83. The van der Waals surface area contributed by atoms with Gasteiger partial charge in [0.05, 0.1) is 24.3 Å². The molecule has 192 valence electrons. The molecule has 9 heteroatoms. The van der Waals surface area contributed by atoms with Crippen molar-refractivity contribution in [1.29, 1.82) is 0 Å². The molecule has 1 atom stereocenters. The van der Waals surface area contributed by atoms with Gasteiger partial charge in [-0.2, -0.15) is 5.10 Å². The van der Waals surface area contributed by atoms with E-state index < -0.39 is 5.60 Å². The van der Waals surface area contributed by atoms with E-state index in [0.717, 1.165) is 16.9 Å². The summed E-state index contributed by atoms with van der Waals surface area (Å²) in [5.41, 5.74) is 1.05. The summed E-state index contributed by atoms with van der Waals surface area (Å²) in [6.07, 6.45) is 3.36. The van der Waals surface area contributed by atoms with Crippen molar-refractivity contribution in [2.75, 3.05) is 39.4 Å². The van der Waals surface area contributed by atoms with E-state index >= 15 is 0 Å². The summed E-state index contributed by atoms with van der Waals surface area (Å²) in [4.78, 5) is 16.0. The Balaban J connectivity index is 1.35. The number of hydrogen-bond donors (Lipinski definition) is 1. The Hall–Kier alpha value is -3.07. The highest BCUT2D eigenvalue weighted by Gasteiger charge is 2.36. The first-order valence-electron chi connectivity index (χ1n) is 12.1. The monoisotopic (exact) mass is 512 g/mol. The fourth-order valence-corrected chi connectivity index (χ4v) is 4.41. The molecule has 2 heterocycles. The molecule has 1 unspecified atom stereocenters. The van der Waals surface area contributed by atoms with Crippen molar-refractivity contribution in [2.24, 2.45) is 0 Å². The maximum Gasteiger partial charge on any atom is 0.219 e. The molecule has 1 fully saturated rings. The lowest BCUT2D eigenvalue weighted by Crippen LogP contribution is -2.51. The average Bonchev–Trinajstić information content (AvgIpc) is 3.18. The van der Waals surface area contributed by atoms with Crippen LogP contribution >= 0.6 is 11.6 Å². The van der Waals surface area contributed by atoms with E-state index in [4.69, 9.17) is 21.1 Å². The van der Waals surface area contributed by atoms with Gasteiger partial charge in [0.25, 0.3) is 0 Å². The Morgan fingerprint density at radius 1 is 1.06 bits per heavy atom. The van der Waals surface area contributed by atoms with Crippen molar-refractivity contribution in [3.05, 3.63) is 77.1 Å². The molecule has 36 heavy (non-hydrogen) atoms. The quantitative estimate of drug-likeness (QED) is 0.473. The molecule has 2 aromatic carbocycles. The Morgan fingerprint density at radius 2 is 1.75 bits per heavy atom. The van der Waals surface area contributed by atoms with E-state index in [1.165, 1.54) is 6.92 Å². The number of nitrogens with zero attached hydrogens (tertiary/aromatic N) is 4. The van der Waals surface area contributed by atoms with E-state index in [1.807, 2.05) is 55.5 Å². The number of β-amino-alcohol motifs (C(OH)–C–C–N with tert-alkyl or cyclic N) is 1. The maximum atomic E-state index is 12.2. The van der Waals surface area contributed by atoms with Crippen LogP contribution in [-0.2, 0) is 17.9 Å². The van der Waals surface area contributed by atoms with Gasteiger partial charge in [-0.3, -0.25) is 14.4 Å². The van der Waals surface area contributed by atoms with Gasteiger partial charge in [0, 0.05) is 39.3 Å². The zero-order chi connectivity index (χ0) is 25.5. The fourth-order valence-electron chi connectivity index (χ4n) is 4.26. The SMILES string of the molecule is CC(=O)N1CCN(Cc2ccc(OCCn3cc(Cl)cn3)cc2)CC(O)(COc2ccc(C)cc2)C1. The van der Waals surface area contributed by atoms with Crippen LogP contribution in [0.15, 0.2) is 60.9 Å². The highest BCUT2D eigenvalue weighted by Crippen LogP contribution is 2.21. The van der Waals surface area contributed by atoms with Crippen molar-refractivity contribution in [1.82, 2.24) is 19.6 Å². The average molecular weight is 513 g/mol. The van der Waals surface area contributed by atoms with E-state index in [-0.39, 0.29) is 19.1 Å². The molecule has 0 bridgehead atoms. The first kappa shape index (κ1) is 26.0. The predicted octanol–water partition coefficient (Wildman–Crippen LogP) is 3.40. The van der Waals surface area contributed by atoms with Crippen LogP contribution in [-0.4, -0.2) is 75.6 Å². The van der Waals surface area contributed by atoms with Crippen LogP contribution in [0, 0.1) is 6.92 Å². The number of rotatable bonds is 9. The maximum absolute atomic E-state index is 12.2. The Labute approximate surface area is 217 Å². The minimum atomic E-state index is -1.19. The molecule has 0 radical (unpaired) electrons. The molecule has 8 nitrogen and oxygen atoms in total. The van der Waals surface area contributed by atoms with Gasteiger partial charge in [0.1, 0.15) is 30.3 Å². The van der Waals surface area contributed by atoms with Crippen molar-refractivity contribution in [3.63, 3.8) is 0 Å². The van der Waals surface area contributed by atoms with Crippen LogP contribution in [0.3, 0.4) is 0 Å². The van der Waals surface area contributed by atoms with Gasteiger partial charge in [-0.1, -0.05) is 41.4 Å². The summed E-state index contributed by atoms with van der Waals surface area (Å²) < 4.78 is 13.5. The first-order chi connectivity index (χ1) is 17.3. The lowest BCUT2D eigenvalue weighted by atomic mass is 10.0. The third-order valence-corrected chi connectivity index (χ3v) is 6.38.